The lowest BCUT2D eigenvalue weighted by molar-refractivity contribution is 0.280. The van der Waals surface area contributed by atoms with Gasteiger partial charge in [-0.2, -0.15) is 0 Å². The van der Waals surface area contributed by atoms with Crippen LogP contribution in [0.25, 0.3) is 0 Å². The molecule has 3 N–H and O–H groups in total. The molecule has 0 spiro atoms. The molecule has 0 saturated heterocycles. The van der Waals surface area contributed by atoms with E-state index in [2.05, 4.69) is 26.0 Å². The van der Waals surface area contributed by atoms with Crippen molar-refractivity contribution in [2.45, 2.75) is 6.42 Å². The molecule has 1 aromatic rings. The summed E-state index contributed by atoms with van der Waals surface area (Å²) in [4.78, 5) is 2.09. The molecule has 0 atom stereocenters. The second kappa shape index (κ2) is 7.23. The van der Waals surface area contributed by atoms with Crippen LogP contribution in [0.15, 0.2) is 27.8 Å². The third-order valence-electron chi connectivity index (χ3n) is 2.33. The molecule has 0 aliphatic heterocycles. The van der Waals surface area contributed by atoms with Crippen LogP contribution >= 0.6 is 15.9 Å². The first-order valence-corrected chi connectivity index (χ1v) is 6.39. The van der Waals surface area contributed by atoms with E-state index in [1.54, 1.807) is 6.07 Å². The topological polar surface area (TPSA) is 71.1 Å². The number of hydrogen-bond donors (Lipinski definition) is 2. The average Bonchev–Trinajstić information content (AvgIpc) is 2.33. The van der Waals surface area contributed by atoms with Crippen molar-refractivity contribution in [1.82, 2.24) is 4.90 Å². The molecule has 0 radical (unpaired) electrons. The summed E-state index contributed by atoms with van der Waals surface area (Å²) in [5.74, 6) is 0.656. The third kappa shape index (κ3) is 4.54. The van der Waals surface area contributed by atoms with Crippen LogP contribution in [-0.4, -0.2) is 43.2 Å². The van der Waals surface area contributed by atoms with Crippen molar-refractivity contribution in [3.05, 3.63) is 28.2 Å². The van der Waals surface area contributed by atoms with Crippen LogP contribution in [0, 0.1) is 0 Å². The number of benzene rings is 1. The number of ether oxygens (including phenoxy) is 1. The predicted octanol–water partition coefficient (Wildman–Crippen LogP) is 1.87. The molecular formula is C12H18BrN3O2. The standard InChI is InChI=1S/C12H18BrN3O2/c1-16(2)6-3-7-18-11-8-9(13)4-5-10(11)12(14)15-17/h4-5,8,17H,3,6-7H2,1-2H3,(H2,14,15). The van der Waals surface area contributed by atoms with E-state index in [9.17, 15) is 0 Å². The number of halogens is 1. The van der Waals surface area contributed by atoms with Crippen molar-refractivity contribution in [2.75, 3.05) is 27.2 Å². The van der Waals surface area contributed by atoms with Crippen molar-refractivity contribution < 1.29 is 9.94 Å². The Kier molecular flexibility index (Phi) is 5.94. The monoisotopic (exact) mass is 315 g/mol. The number of oxime groups is 1. The fraction of sp³-hybridized carbons (Fsp3) is 0.417. The highest BCUT2D eigenvalue weighted by Gasteiger charge is 2.09. The number of nitrogens with zero attached hydrogens (tertiary/aromatic N) is 2. The molecule has 0 fully saturated rings. The van der Waals surface area contributed by atoms with Gasteiger partial charge in [0.2, 0.25) is 0 Å². The predicted molar refractivity (Wildman–Crippen MR) is 75.3 cm³/mol. The van der Waals surface area contributed by atoms with Gasteiger partial charge in [0.25, 0.3) is 0 Å². The van der Waals surface area contributed by atoms with E-state index < -0.39 is 0 Å². The SMILES string of the molecule is CN(C)CCCOc1cc(Br)ccc1/C(N)=N/O. The second-order valence-corrected chi connectivity index (χ2v) is 5.05. The maximum atomic E-state index is 8.72. The van der Waals surface area contributed by atoms with Crippen LogP contribution in [0.3, 0.4) is 0 Å². The highest BCUT2D eigenvalue weighted by atomic mass is 79.9. The smallest absolute Gasteiger partial charge is 0.173 e. The van der Waals surface area contributed by atoms with E-state index in [4.69, 9.17) is 15.7 Å². The molecule has 0 aromatic heterocycles. The van der Waals surface area contributed by atoms with Crippen molar-refractivity contribution in [3.8, 4) is 5.75 Å². The zero-order valence-electron chi connectivity index (χ0n) is 10.6. The van der Waals surface area contributed by atoms with Crippen molar-refractivity contribution >= 4 is 21.8 Å². The van der Waals surface area contributed by atoms with Crippen molar-refractivity contribution in [3.63, 3.8) is 0 Å². The molecule has 0 bridgehead atoms. The van der Waals surface area contributed by atoms with Gasteiger partial charge < -0.3 is 20.6 Å². The Morgan fingerprint density at radius 1 is 1.50 bits per heavy atom. The molecule has 100 valence electrons. The summed E-state index contributed by atoms with van der Waals surface area (Å²) in [7, 11) is 4.03. The number of hydrogen-bond acceptors (Lipinski definition) is 4. The van der Waals surface area contributed by atoms with Gasteiger partial charge >= 0.3 is 0 Å². The second-order valence-electron chi connectivity index (χ2n) is 4.13. The number of amidine groups is 1. The Morgan fingerprint density at radius 2 is 2.22 bits per heavy atom. The molecule has 6 heteroatoms. The van der Waals surface area contributed by atoms with E-state index in [0.29, 0.717) is 17.9 Å². The highest BCUT2D eigenvalue weighted by molar-refractivity contribution is 9.10. The van der Waals surface area contributed by atoms with E-state index in [1.165, 1.54) is 0 Å². The van der Waals surface area contributed by atoms with Gasteiger partial charge in [-0.05, 0) is 38.7 Å². The fourth-order valence-corrected chi connectivity index (χ4v) is 1.78. The zero-order chi connectivity index (χ0) is 13.5. The minimum atomic E-state index is 0.0464. The molecule has 0 heterocycles. The van der Waals surface area contributed by atoms with Gasteiger partial charge in [0.15, 0.2) is 5.84 Å². The van der Waals surface area contributed by atoms with Crippen molar-refractivity contribution in [2.24, 2.45) is 10.9 Å². The molecule has 5 nitrogen and oxygen atoms in total. The number of rotatable bonds is 6. The van der Waals surface area contributed by atoms with Crippen LogP contribution in [0.2, 0.25) is 0 Å². The molecule has 18 heavy (non-hydrogen) atoms. The molecule has 0 amide bonds. The quantitative estimate of drug-likeness (QED) is 0.276. The minimum absolute atomic E-state index is 0.0464. The first-order chi connectivity index (χ1) is 8.54. The van der Waals surface area contributed by atoms with Gasteiger partial charge in [-0.3, -0.25) is 0 Å². The molecule has 1 aromatic carbocycles. The van der Waals surface area contributed by atoms with E-state index >= 15 is 0 Å². The van der Waals surface area contributed by atoms with Gasteiger partial charge in [-0.1, -0.05) is 21.1 Å². The molecule has 0 unspecified atom stereocenters. The molecule has 1 rings (SSSR count). The van der Waals surface area contributed by atoms with Crippen molar-refractivity contribution in [1.29, 1.82) is 0 Å². The maximum absolute atomic E-state index is 8.72. The highest BCUT2D eigenvalue weighted by Crippen LogP contribution is 2.23. The lowest BCUT2D eigenvalue weighted by atomic mass is 10.2. The summed E-state index contributed by atoms with van der Waals surface area (Å²) in [6.07, 6.45) is 0.912. The van der Waals surface area contributed by atoms with Gasteiger partial charge in [0, 0.05) is 11.0 Å². The Bertz CT molecular complexity index is 422. The van der Waals surface area contributed by atoms with Gasteiger partial charge in [0.05, 0.1) is 12.2 Å². The van der Waals surface area contributed by atoms with Crippen LogP contribution < -0.4 is 10.5 Å². The summed E-state index contributed by atoms with van der Waals surface area (Å²) in [5.41, 5.74) is 6.18. The molecular weight excluding hydrogens is 298 g/mol. The van der Waals surface area contributed by atoms with E-state index in [1.807, 2.05) is 26.2 Å². The van der Waals surface area contributed by atoms with Gasteiger partial charge in [-0.25, -0.2) is 0 Å². The van der Waals surface area contributed by atoms with Crippen LogP contribution in [0.1, 0.15) is 12.0 Å². The number of nitrogens with two attached hydrogens (primary N) is 1. The summed E-state index contributed by atoms with van der Waals surface area (Å²) in [5, 5.41) is 11.7. The van der Waals surface area contributed by atoms with Gasteiger partial charge in [0.1, 0.15) is 5.75 Å². The maximum Gasteiger partial charge on any atom is 0.173 e. The normalized spacial score (nSPS) is 11.9. The molecule has 0 aliphatic carbocycles. The summed E-state index contributed by atoms with van der Waals surface area (Å²) < 4.78 is 6.55. The third-order valence-corrected chi connectivity index (χ3v) is 2.83. The van der Waals surface area contributed by atoms with Crippen LogP contribution in [-0.2, 0) is 0 Å². The zero-order valence-corrected chi connectivity index (χ0v) is 12.1. The summed E-state index contributed by atoms with van der Waals surface area (Å²) >= 11 is 3.37. The summed E-state index contributed by atoms with van der Waals surface area (Å²) in [6.45, 7) is 1.53. The Morgan fingerprint density at radius 3 is 2.83 bits per heavy atom. The molecule has 0 saturated carbocycles. The van der Waals surface area contributed by atoms with E-state index in [0.717, 1.165) is 17.4 Å². The first-order valence-electron chi connectivity index (χ1n) is 5.59. The largest absolute Gasteiger partial charge is 0.493 e. The molecule has 0 aliphatic rings. The Labute approximate surface area is 115 Å². The van der Waals surface area contributed by atoms with Crippen LogP contribution in [0.4, 0.5) is 0 Å². The minimum Gasteiger partial charge on any atom is -0.493 e. The Hall–Kier alpha value is -1.27. The average molecular weight is 316 g/mol. The van der Waals surface area contributed by atoms with Gasteiger partial charge in [-0.15, -0.1) is 0 Å². The first kappa shape index (κ1) is 14.8. The summed E-state index contributed by atoms with van der Waals surface area (Å²) in [6, 6.07) is 5.38. The lowest BCUT2D eigenvalue weighted by Crippen LogP contribution is -2.17. The van der Waals surface area contributed by atoms with Crippen LogP contribution in [0.5, 0.6) is 5.75 Å². The lowest BCUT2D eigenvalue weighted by Gasteiger charge is -2.13. The Balaban J connectivity index is 2.71. The van der Waals surface area contributed by atoms with E-state index in [-0.39, 0.29) is 5.84 Å². The fourth-order valence-electron chi connectivity index (χ4n) is 1.44.